The Kier molecular flexibility index (Phi) is 3.16. The van der Waals surface area contributed by atoms with E-state index in [1.165, 1.54) is 6.07 Å². The molecule has 3 heteroatoms. The molecule has 0 aliphatic carbocycles. The van der Waals surface area contributed by atoms with Crippen LogP contribution in [-0.4, -0.2) is 4.84 Å². The zero-order valence-electron chi connectivity index (χ0n) is 5.73. The van der Waals surface area contributed by atoms with Gasteiger partial charge < -0.3 is 0 Å². The van der Waals surface area contributed by atoms with E-state index < -0.39 is 4.84 Å². The van der Waals surface area contributed by atoms with E-state index in [2.05, 4.69) is 0 Å². The lowest BCUT2D eigenvalue weighted by Crippen LogP contribution is -1.96. The minimum atomic E-state index is -0.535. The third-order valence-corrected chi connectivity index (χ3v) is 1.64. The highest BCUT2D eigenvalue weighted by Gasteiger charge is 2.04. The zero-order chi connectivity index (χ0) is 8.27. The van der Waals surface area contributed by atoms with E-state index in [0.29, 0.717) is 12.0 Å². The minimum Gasteiger partial charge on any atom is -0.207 e. The average Bonchev–Trinajstić information content (AvgIpc) is 1.93. The van der Waals surface area contributed by atoms with Crippen LogP contribution in [0.4, 0.5) is 4.39 Å². The average molecular weight is 193 g/mol. The van der Waals surface area contributed by atoms with Crippen LogP contribution in [0, 0.1) is 5.82 Å². The van der Waals surface area contributed by atoms with Gasteiger partial charge in [-0.3, -0.25) is 0 Å². The lowest BCUT2D eigenvalue weighted by molar-refractivity contribution is 0.611. The van der Waals surface area contributed by atoms with Crippen LogP contribution in [0.5, 0.6) is 0 Å². The SMILES string of the molecule is Fc1ccccc1CC(Cl)Cl. The predicted octanol–water partition coefficient (Wildman–Crippen LogP) is 3.17. The van der Waals surface area contributed by atoms with Gasteiger partial charge in [0.25, 0.3) is 0 Å². The molecule has 0 radical (unpaired) electrons. The van der Waals surface area contributed by atoms with Crippen LogP contribution in [-0.2, 0) is 6.42 Å². The third kappa shape index (κ3) is 2.68. The van der Waals surface area contributed by atoms with E-state index in [9.17, 15) is 4.39 Å². The Morgan fingerprint density at radius 3 is 2.45 bits per heavy atom. The number of halogens is 3. The Balaban J connectivity index is 2.78. The van der Waals surface area contributed by atoms with Crippen molar-refractivity contribution < 1.29 is 4.39 Å². The van der Waals surface area contributed by atoms with Crippen LogP contribution in [0.15, 0.2) is 24.3 Å². The van der Waals surface area contributed by atoms with E-state index in [1.54, 1.807) is 18.2 Å². The zero-order valence-corrected chi connectivity index (χ0v) is 7.24. The quantitative estimate of drug-likeness (QED) is 0.632. The van der Waals surface area contributed by atoms with E-state index >= 15 is 0 Å². The summed E-state index contributed by atoms with van der Waals surface area (Å²) >= 11 is 11.0. The molecule has 1 aromatic rings. The van der Waals surface area contributed by atoms with Gasteiger partial charge in [-0.05, 0) is 11.6 Å². The Hall–Kier alpha value is -0.270. The summed E-state index contributed by atoms with van der Waals surface area (Å²) in [5.41, 5.74) is 0.558. The van der Waals surface area contributed by atoms with Crippen molar-refractivity contribution in [2.24, 2.45) is 0 Å². The minimum absolute atomic E-state index is 0.251. The molecule has 0 saturated carbocycles. The van der Waals surface area contributed by atoms with Crippen molar-refractivity contribution in [3.63, 3.8) is 0 Å². The van der Waals surface area contributed by atoms with Crippen molar-refractivity contribution in [3.8, 4) is 0 Å². The Morgan fingerprint density at radius 2 is 1.91 bits per heavy atom. The monoisotopic (exact) mass is 192 g/mol. The van der Waals surface area contributed by atoms with Gasteiger partial charge in [-0.25, -0.2) is 4.39 Å². The highest BCUT2D eigenvalue weighted by Crippen LogP contribution is 2.14. The molecule has 60 valence electrons. The molecule has 11 heavy (non-hydrogen) atoms. The highest BCUT2D eigenvalue weighted by atomic mass is 35.5. The van der Waals surface area contributed by atoms with Crippen LogP contribution >= 0.6 is 23.2 Å². The van der Waals surface area contributed by atoms with Crippen molar-refractivity contribution in [2.75, 3.05) is 0 Å². The van der Waals surface area contributed by atoms with E-state index in [-0.39, 0.29) is 5.82 Å². The number of benzene rings is 1. The molecule has 0 aliphatic rings. The molecule has 0 N–H and O–H groups in total. The summed E-state index contributed by atoms with van der Waals surface area (Å²) in [4.78, 5) is -0.535. The molecule has 0 unspecified atom stereocenters. The maximum Gasteiger partial charge on any atom is 0.126 e. The van der Waals surface area contributed by atoms with Crippen molar-refractivity contribution in [1.29, 1.82) is 0 Å². The molecule has 1 aromatic carbocycles. The molecule has 0 aromatic heterocycles. The molecule has 0 bridgehead atoms. The Bertz CT molecular complexity index is 235. The number of hydrogen-bond donors (Lipinski definition) is 0. The van der Waals surface area contributed by atoms with Crippen molar-refractivity contribution in [3.05, 3.63) is 35.6 Å². The molecule has 0 atom stereocenters. The second-order valence-electron chi connectivity index (χ2n) is 2.19. The molecular formula is C8H7Cl2F. The van der Waals surface area contributed by atoms with E-state index in [4.69, 9.17) is 23.2 Å². The first kappa shape index (κ1) is 8.82. The maximum atomic E-state index is 12.8. The summed E-state index contributed by atoms with van der Waals surface area (Å²) < 4.78 is 12.8. The van der Waals surface area contributed by atoms with Crippen LogP contribution in [0.3, 0.4) is 0 Å². The van der Waals surface area contributed by atoms with Gasteiger partial charge in [0.15, 0.2) is 0 Å². The first-order valence-electron chi connectivity index (χ1n) is 3.21. The highest BCUT2D eigenvalue weighted by molar-refractivity contribution is 6.44. The first-order chi connectivity index (χ1) is 5.20. The fourth-order valence-electron chi connectivity index (χ4n) is 0.830. The van der Waals surface area contributed by atoms with E-state index in [1.807, 2.05) is 0 Å². The number of rotatable bonds is 2. The standard InChI is InChI=1S/C8H7Cl2F/c9-8(10)5-6-3-1-2-4-7(6)11/h1-4,8H,5H2. The molecule has 0 nitrogen and oxygen atoms in total. The van der Waals surface area contributed by atoms with Gasteiger partial charge in [-0.2, -0.15) is 0 Å². The van der Waals surface area contributed by atoms with Crippen molar-refractivity contribution in [2.45, 2.75) is 11.3 Å². The summed E-state index contributed by atoms with van der Waals surface area (Å²) in [5, 5.41) is 0. The van der Waals surface area contributed by atoms with E-state index in [0.717, 1.165) is 0 Å². The topological polar surface area (TPSA) is 0 Å². The summed E-state index contributed by atoms with van der Waals surface area (Å²) in [6.07, 6.45) is 0.357. The van der Waals surface area contributed by atoms with Gasteiger partial charge in [0, 0.05) is 6.42 Å². The van der Waals surface area contributed by atoms with Crippen LogP contribution in [0.1, 0.15) is 5.56 Å². The second-order valence-corrected chi connectivity index (χ2v) is 3.46. The van der Waals surface area contributed by atoms with Gasteiger partial charge in [0.05, 0.1) is 0 Å². The fraction of sp³-hybridized carbons (Fsp3) is 0.250. The number of hydrogen-bond acceptors (Lipinski definition) is 0. The van der Waals surface area contributed by atoms with Crippen LogP contribution < -0.4 is 0 Å². The summed E-state index contributed by atoms with van der Waals surface area (Å²) in [6.45, 7) is 0. The molecule has 0 aliphatic heterocycles. The molecule has 0 saturated heterocycles. The second kappa shape index (κ2) is 3.93. The van der Waals surface area contributed by atoms with Crippen LogP contribution in [0.2, 0.25) is 0 Å². The smallest absolute Gasteiger partial charge is 0.126 e. The Morgan fingerprint density at radius 1 is 1.27 bits per heavy atom. The van der Waals surface area contributed by atoms with Crippen molar-refractivity contribution in [1.82, 2.24) is 0 Å². The van der Waals surface area contributed by atoms with Crippen molar-refractivity contribution >= 4 is 23.2 Å². The molecule has 0 fully saturated rings. The van der Waals surface area contributed by atoms with Gasteiger partial charge in [0.2, 0.25) is 0 Å². The molecule has 0 spiro atoms. The summed E-state index contributed by atoms with van der Waals surface area (Å²) in [6, 6.07) is 6.46. The lowest BCUT2D eigenvalue weighted by Gasteiger charge is -2.01. The summed E-state index contributed by atoms with van der Waals surface area (Å²) in [5.74, 6) is -0.251. The van der Waals surface area contributed by atoms with Gasteiger partial charge in [-0.15, -0.1) is 23.2 Å². The predicted molar refractivity (Wildman–Crippen MR) is 45.6 cm³/mol. The lowest BCUT2D eigenvalue weighted by atomic mass is 10.2. The molecule has 0 heterocycles. The van der Waals surface area contributed by atoms with Gasteiger partial charge in [0.1, 0.15) is 10.7 Å². The molecule has 0 amide bonds. The van der Waals surface area contributed by atoms with Gasteiger partial charge in [-0.1, -0.05) is 18.2 Å². The largest absolute Gasteiger partial charge is 0.207 e. The maximum absolute atomic E-state index is 12.8. The van der Waals surface area contributed by atoms with Crippen LogP contribution in [0.25, 0.3) is 0 Å². The Labute approximate surface area is 74.9 Å². The third-order valence-electron chi connectivity index (χ3n) is 1.33. The normalized spacial score (nSPS) is 10.5. The molecule has 1 rings (SSSR count). The molecular weight excluding hydrogens is 186 g/mol. The fourth-order valence-corrected chi connectivity index (χ4v) is 1.16. The van der Waals surface area contributed by atoms with Gasteiger partial charge >= 0.3 is 0 Å². The first-order valence-corrected chi connectivity index (χ1v) is 4.09. The number of alkyl halides is 2. The summed E-state index contributed by atoms with van der Waals surface area (Å²) in [7, 11) is 0.